The van der Waals surface area contributed by atoms with E-state index in [4.69, 9.17) is 22.1 Å². The maximum absolute atomic E-state index is 6.16. The molecule has 1 aliphatic rings. The van der Waals surface area contributed by atoms with Gasteiger partial charge in [-0.3, -0.25) is 0 Å². The summed E-state index contributed by atoms with van der Waals surface area (Å²) in [4.78, 5) is 13.7. The van der Waals surface area contributed by atoms with E-state index in [0.29, 0.717) is 24.2 Å². The van der Waals surface area contributed by atoms with Gasteiger partial charge in [0.15, 0.2) is 5.95 Å². The van der Waals surface area contributed by atoms with E-state index in [-0.39, 0.29) is 0 Å². The third-order valence-corrected chi connectivity index (χ3v) is 3.20. The quantitative estimate of drug-likeness (QED) is 0.872. The Morgan fingerprint density at radius 3 is 2.79 bits per heavy atom. The van der Waals surface area contributed by atoms with Crippen LogP contribution in [0.5, 0.6) is 0 Å². The minimum Gasteiger partial charge on any atom is -0.378 e. The highest BCUT2D eigenvalue weighted by Crippen LogP contribution is 2.25. The number of nitrogen functional groups attached to an aromatic ring is 1. The molecule has 2 aromatic heterocycles. The fourth-order valence-electron chi connectivity index (χ4n) is 2.04. The van der Waals surface area contributed by atoms with Crippen molar-refractivity contribution in [2.75, 3.05) is 36.9 Å². The van der Waals surface area contributed by atoms with E-state index in [2.05, 4.69) is 19.9 Å². The second kappa shape index (κ2) is 5.07. The molecule has 7 heteroatoms. The summed E-state index contributed by atoms with van der Waals surface area (Å²) in [5, 5.41) is 0.639. The fourth-order valence-corrected chi connectivity index (χ4v) is 2.24. The molecule has 1 aliphatic heterocycles. The zero-order chi connectivity index (χ0) is 13.2. The van der Waals surface area contributed by atoms with Gasteiger partial charge >= 0.3 is 0 Å². The van der Waals surface area contributed by atoms with Gasteiger partial charge in [-0.15, -0.1) is 0 Å². The number of rotatable bonds is 2. The predicted octanol–water partition coefficient (Wildman–Crippen LogP) is 1.54. The maximum Gasteiger partial charge on any atom is 0.197 e. The lowest BCUT2D eigenvalue weighted by molar-refractivity contribution is 0.122. The molecule has 0 amide bonds. The van der Waals surface area contributed by atoms with E-state index >= 15 is 0 Å². The van der Waals surface area contributed by atoms with Gasteiger partial charge in [0.05, 0.1) is 30.8 Å². The number of aromatic nitrogens is 3. The highest BCUT2D eigenvalue weighted by Gasteiger charge is 2.15. The number of nitrogens with two attached hydrogens (primary N) is 1. The van der Waals surface area contributed by atoms with Crippen LogP contribution in [0.25, 0.3) is 11.4 Å². The Labute approximate surface area is 115 Å². The minimum atomic E-state index is 0.365. The maximum atomic E-state index is 6.16. The Bertz CT molecular complexity index is 579. The van der Waals surface area contributed by atoms with Gasteiger partial charge in [-0.2, -0.15) is 0 Å². The summed E-state index contributed by atoms with van der Waals surface area (Å²) >= 11 is 6.16. The number of aromatic amines is 1. The molecule has 0 aliphatic carbocycles. The average Bonchev–Trinajstić information content (AvgIpc) is 2.86. The highest BCUT2D eigenvalue weighted by molar-refractivity contribution is 6.31. The van der Waals surface area contributed by atoms with Crippen LogP contribution in [-0.4, -0.2) is 41.3 Å². The smallest absolute Gasteiger partial charge is 0.197 e. The Balaban J connectivity index is 1.95. The lowest BCUT2D eigenvalue weighted by Crippen LogP contribution is -2.36. The van der Waals surface area contributed by atoms with Gasteiger partial charge in [0.2, 0.25) is 0 Å². The van der Waals surface area contributed by atoms with E-state index < -0.39 is 0 Å². The molecule has 0 bridgehead atoms. The summed E-state index contributed by atoms with van der Waals surface area (Å²) in [6.45, 7) is 3.05. The van der Waals surface area contributed by atoms with Crippen LogP contribution >= 0.6 is 11.6 Å². The predicted molar refractivity (Wildman–Crippen MR) is 74.3 cm³/mol. The molecule has 100 valence electrons. The number of imidazole rings is 1. The van der Waals surface area contributed by atoms with Crippen LogP contribution in [-0.2, 0) is 4.74 Å². The number of morpholine rings is 1. The van der Waals surface area contributed by atoms with Crippen molar-refractivity contribution >= 4 is 23.4 Å². The van der Waals surface area contributed by atoms with E-state index in [0.717, 1.165) is 30.3 Å². The normalized spacial score (nSPS) is 15.7. The lowest BCUT2D eigenvalue weighted by Gasteiger charge is -2.28. The van der Waals surface area contributed by atoms with Crippen molar-refractivity contribution in [1.29, 1.82) is 0 Å². The van der Waals surface area contributed by atoms with Crippen molar-refractivity contribution in [1.82, 2.24) is 15.0 Å². The third kappa shape index (κ3) is 2.64. The van der Waals surface area contributed by atoms with Crippen LogP contribution in [0.3, 0.4) is 0 Å². The SMILES string of the molecule is Nc1ncc(-c2cc(Cl)cc(N3CCOCC3)n2)[nH]1. The lowest BCUT2D eigenvalue weighted by atomic mass is 10.2. The number of nitrogens with one attached hydrogen (secondary N) is 1. The molecule has 0 unspecified atom stereocenters. The average molecular weight is 280 g/mol. The number of ether oxygens (including phenoxy) is 1. The van der Waals surface area contributed by atoms with Gasteiger partial charge in [0.1, 0.15) is 5.82 Å². The van der Waals surface area contributed by atoms with Gasteiger partial charge in [0, 0.05) is 18.1 Å². The number of hydrogen-bond acceptors (Lipinski definition) is 5. The van der Waals surface area contributed by atoms with E-state index in [1.165, 1.54) is 0 Å². The molecule has 1 fully saturated rings. The Hall–Kier alpha value is -1.79. The molecule has 6 nitrogen and oxygen atoms in total. The van der Waals surface area contributed by atoms with Crippen LogP contribution in [0.4, 0.5) is 11.8 Å². The molecule has 2 aromatic rings. The third-order valence-electron chi connectivity index (χ3n) is 2.98. The summed E-state index contributed by atoms with van der Waals surface area (Å²) < 4.78 is 5.33. The number of anilines is 2. The van der Waals surface area contributed by atoms with Crippen molar-refractivity contribution in [3.63, 3.8) is 0 Å². The molecule has 0 radical (unpaired) electrons. The van der Waals surface area contributed by atoms with Crippen molar-refractivity contribution < 1.29 is 4.74 Å². The molecule has 0 aromatic carbocycles. The first-order valence-corrected chi connectivity index (χ1v) is 6.41. The van der Waals surface area contributed by atoms with Crippen LogP contribution in [0.1, 0.15) is 0 Å². The van der Waals surface area contributed by atoms with Crippen LogP contribution < -0.4 is 10.6 Å². The Morgan fingerprint density at radius 1 is 1.32 bits per heavy atom. The van der Waals surface area contributed by atoms with E-state index in [1.807, 2.05) is 6.07 Å². The number of pyridine rings is 1. The molecular formula is C12H14ClN5O. The monoisotopic (exact) mass is 279 g/mol. The molecule has 3 N–H and O–H groups in total. The number of H-pyrrole nitrogens is 1. The molecule has 1 saturated heterocycles. The topological polar surface area (TPSA) is 80.1 Å². The molecule has 0 saturated carbocycles. The van der Waals surface area contributed by atoms with Gasteiger partial charge in [-0.05, 0) is 12.1 Å². The van der Waals surface area contributed by atoms with Gasteiger partial charge in [0.25, 0.3) is 0 Å². The van der Waals surface area contributed by atoms with Crippen LogP contribution in [0.15, 0.2) is 18.3 Å². The zero-order valence-electron chi connectivity index (χ0n) is 10.3. The van der Waals surface area contributed by atoms with Gasteiger partial charge in [-0.25, -0.2) is 9.97 Å². The Morgan fingerprint density at radius 2 is 2.11 bits per heavy atom. The summed E-state index contributed by atoms with van der Waals surface area (Å²) in [5.41, 5.74) is 7.07. The van der Waals surface area contributed by atoms with E-state index in [1.54, 1.807) is 12.3 Å². The molecule has 0 spiro atoms. The molecule has 3 heterocycles. The highest BCUT2D eigenvalue weighted by atomic mass is 35.5. The standard InChI is InChI=1S/C12H14ClN5O/c13-8-5-9(10-7-15-12(14)17-10)16-11(6-8)18-1-3-19-4-2-18/h5-7H,1-4H2,(H3,14,15,17). The first kappa shape index (κ1) is 12.3. The molecular weight excluding hydrogens is 266 g/mol. The van der Waals surface area contributed by atoms with Crippen LogP contribution in [0, 0.1) is 0 Å². The first-order chi connectivity index (χ1) is 9.22. The van der Waals surface area contributed by atoms with Gasteiger partial charge < -0.3 is 20.4 Å². The molecule has 0 atom stereocenters. The number of halogens is 1. The van der Waals surface area contributed by atoms with Crippen molar-refractivity contribution in [3.05, 3.63) is 23.4 Å². The van der Waals surface area contributed by atoms with Crippen molar-refractivity contribution in [3.8, 4) is 11.4 Å². The minimum absolute atomic E-state index is 0.365. The molecule has 3 rings (SSSR count). The van der Waals surface area contributed by atoms with Crippen molar-refractivity contribution in [2.24, 2.45) is 0 Å². The second-order valence-electron chi connectivity index (χ2n) is 4.31. The number of nitrogens with zero attached hydrogens (tertiary/aromatic N) is 3. The fraction of sp³-hybridized carbons (Fsp3) is 0.333. The summed E-state index contributed by atoms with van der Waals surface area (Å²) in [6.07, 6.45) is 1.65. The summed E-state index contributed by atoms with van der Waals surface area (Å²) in [5.74, 6) is 1.21. The second-order valence-corrected chi connectivity index (χ2v) is 4.75. The summed E-state index contributed by atoms with van der Waals surface area (Å²) in [6, 6.07) is 3.65. The number of hydrogen-bond donors (Lipinski definition) is 2. The van der Waals surface area contributed by atoms with Crippen molar-refractivity contribution in [2.45, 2.75) is 0 Å². The van der Waals surface area contributed by atoms with E-state index in [9.17, 15) is 0 Å². The van der Waals surface area contributed by atoms with Crippen LogP contribution in [0.2, 0.25) is 5.02 Å². The first-order valence-electron chi connectivity index (χ1n) is 6.03. The van der Waals surface area contributed by atoms with Gasteiger partial charge in [-0.1, -0.05) is 11.6 Å². The molecule has 19 heavy (non-hydrogen) atoms. The largest absolute Gasteiger partial charge is 0.378 e. The summed E-state index contributed by atoms with van der Waals surface area (Å²) in [7, 11) is 0. The Kier molecular flexibility index (Phi) is 3.27. The zero-order valence-corrected chi connectivity index (χ0v) is 11.0.